The Morgan fingerprint density at radius 2 is 2.40 bits per heavy atom. The molecule has 0 spiro atoms. The van der Waals surface area contributed by atoms with Crippen molar-refractivity contribution < 1.29 is 13.9 Å². The number of ether oxygens (including phenoxy) is 1. The van der Waals surface area contributed by atoms with Crippen LogP contribution in [0.5, 0.6) is 0 Å². The van der Waals surface area contributed by atoms with E-state index in [4.69, 9.17) is 9.15 Å². The molecule has 6 heteroatoms. The summed E-state index contributed by atoms with van der Waals surface area (Å²) in [7, 11) is 1.84. The van der Waals surface area contributed by atoms with Gasteiger partial charge in [-0.1, -0.05) is 0 Å². The monoisotopic (exact) mass is 340 g/mol. The Kier molecular flexibility index (Phi) is 5.43. The predicted octanol–water partition coefficient (Wildman–Crippen LogP) is 2.72. The normalized spacial score (nSPS) is 10.7. The van der Waals surface area contributed by atoms with Crippen LogP contribution in [0.3, 0.4) is 0 Å². The summed E-state index contributed by atoms with van der Waals surface area (Å²) in [5, 5.41) is 2.86. The number of furan rings is 1. The average molecular weight is 341 g/mol. The number of carbonyl (C=O) groups is 1. The highest BCUT2D eigenvalue weighted by Gasteiger charge is 2.09. The molecule has 0 atom stereocenters. The molecular weight excluding hydrogens is 324 g/mol. The van der Waals surface area contributed by atoms with Crippen LogP contribution in [0.2, 0.25) is 0 Å². The fourth-order valence-electron chi connectivity index (χ4n) is 1.78. The van der Waals surface area contributed by atoms with E-state index in [1.54, 1.807) is 16.9 Å². The van der Waals surface area contributed by atoms with E-state index in [1.165, 1.54) is 0 Å². The predicted molar refractivity (Wildman–Crippen MR) is 78.4 cm³/mol. The number of halogens is 1. The first-order valence-electron chi connectivity index (χ1n) is 6.37. The van der Waals surface area contributed by atoms with Gasteiger partial charge in [0, 0.05) is 30.9 Å². The van der Waals surface area contributed by atoms with Gasteiger partial charge in [0.05, 0.1) is 6.26 Å². The van der Waals surface area contributed by atoms with Gasteiger partial charge in [0.15, 0.2) is 0 Å². The fourth-order valence-corrected chi connectivity index (χ4v) is 2.31. The first-order chi connectivity index (χ1) is 9.66. The van der Waals surface area contributed by atoms with E-state index in [-0.39, 0.29) is 5.91 Å². The fraction of sp³-hybridized carbons (Fsp3) is 0.357. The van der Waals surface area contributed by atoms with Crippen LogP contribution in [-0.4, -0.2) is 23.6 Å². The van der Waals surface area contributed by atoms with Gasteiger partial charge in [0.2, 0.25) is 0 Å². The number of hydrogen-bond donors (Lipinski definition) is 1. The SMILES string of the molecule is Cn1cc(Br)cc1C(=O)NCCCOCc1ccco1. The molecule has 108 valence electrons. The van der Waals surface area contributed by atoms with E-state index in [1.807, 2.05) is 25.4 Å². The van der Waals surface area contributed by atoms with Gasteiger partial charge in [-0.05, 0) is 40.5 Å². The Morgan fingerprint density at radius 3 is 3.05 bits per heavy atom. The number of nitrogens with one attached hydrogen (secondary N) is 1. The molecule has 0 saturated carbocycles. The van der Waals surface area contributed by atoms with E-state index >= 15 is 0 Å². The molecule has 5 nitrogen and oxygen atoms in total. The van der Waals surface area contributed by atoms with Crippen LogP contribution in [0.15, 0.2) is 39.5 Å². The molecule has 2 aromatic rings. The van der Waals surface area contributed by atoms with Gasteiger partial charge in [-0.3, -0.25) is 4.79 Å². The molecule has 1 N–H and O–H groups in total. The summed E-state index contributed by atoms with van der Waals surface area (Å²) in [4.78, 5) is 11.9. The zero-order valence-corrected chi connectivity index (χ0v) is 12.9. The molecule has 2 aromatic heterocycles. The van der Waals surface area contributed by atoms with Crippen LogP contribution < -0.4 is 5.32 Å². The summed E-state index contributed by atoms with van der Waals surface area (Å²) in [5.74, 6) is 0.729. The molecule has 0 unspecified atom stereocenters. The minimum Gasteiger partial charge on any atom is -0.467 e. The van der Waals surface area contributed by atoms with Gasteiger partial charge in [-0.25, -0.2) is 0 Å². The first-order valence-corrected chi connectivity index (χ1v) is 7.16. The first kappa shape index (κ1) is 14.9. The Labute approximate surface area is 126 Å². The standard InChI is InChI=1S/C14H17BrN2O3/c1-17-9-11(15)8-13(17)14(18)16-5-3-6-19-10-12-4-2-7-20-12/h2,4,7-9H,3,5-6,10H2,1H3,(H,16,18). The topological polar surface area (TPSA) is 56.4 Å². The summed E-state index contributed by atoms with van der Waals surface area (Å²) in [6, 6.07) is 5.49. The number of carbonyl (C=O) groups excluding carboxylic acids is 1. The average Bonchev–Trinajstić information content (AvgIpc) is 3.03. The van der Waals surface area contributed by atoms with Crippen molar-refractivity contribution in [3.8, 4) is 0 Å². The van der Waals surface area contributed by atoms with E-state index in [0.29, 0.717) is 25.5 Å². The van der Waals surface area contributed by atoms with Crippen molar-refractivity contribution in [2.75, 3.05) is 13.2 Å². The van der Waals surface area contributed by atoms with Gasteiger partial charge < -0.3 is 19.0 Å². The van der Waals surface area contributed by atoms with E-state index in [2.05, 4.69) is 21.2 Å². The molecular formula is C14H17BrN2O3. The number of aromatic nitrogens is 1. The highest BCUT2D eigenvalue weighted by Crippen LogP contribution is 2.13. The van der Waals surface area contributed by atoms with Crippen LogP contribution in [0.25, 0.3) is 0 Å². The third kappa shape index (κ3) is 4.25. The lowest BCUT2D eigenvalue weighted by molar-refractivity contribution is 0.0910. The Hall–Kier alpha value is -1.53. The Balaban J connectivity index is 1.61. The summed E-state index contributed by atoms with van der Waals surface area (Å²) in [6.45, 7) is 1.63. The second-order valence-electron chi connectivity index (χ2n) is 4.40. The van der Waals surface area contributed by atoms with Gasteiger partial charge >= 0.3 is 0 Å². The van der Waals surface area contributed by atoms with Crippen molar-refractivity contribution >= 4 is 21.8 Å². The molecule has 0 bridgehead atoms. The molecule has 0 radical (unpaired) electrons. The molecule has 20 heavy (non-hydrogen) atoms. The number of nitrogens with zero attached hydrogens (tertiary/aromatic N) is 1. The van der Waals surface area contributed by atoms with Crippen molar-refractivity contribution in [3.05, 3.63) is 46.6 Å². The van der Waals surface area contributed by atoms with Crippen molar-refractivity contribution in [1.82, 2.24) is 9.88 Å². The highest BCUT2D eigenvalue weighted by atomic mass is 79.9. The van der Waals surface area contributed by atoms with Crippen molar-refractivity contribution in [2.45, 2.75) is 13.0 Å². The van der Waals surface area contributed by atoms with Crippen LogP contribution in [0, 0.1) is 0 Å². The van der Waals surface area contributed by atoms with Gasteiger partial charge in [0.1, 0.15) is 18.1 Å². The van der Waals surface area contributed by atoms with Gasteiger partial charge in [-0.2, -0.15) is 0 Å². The third-order valence-corrected chi connectivity index (χ3v) is 3.21. The molecule has 0 fully saturated rings. The van der Waals surface area contributed by atoms with Gasteiger partial charge in [0.25, 0.3) is 5.91 Å². The largest absolute Gasteiger partial charge is 0.467 e. The minimum atomic E-state index is -0.0794. The lowest BCUT2D eigenvalue weighted by Gasteiger charge is -2.06. The van der Waals surface area contributed by atoms with E-state index in [0.717, 1.165) is 16.7 Å². The van der Waals surface area contributed by atoms with Crippen LogP contribution in [0.4, 0.5) is 0 Å². The summed E-state index contributed by atoms with van der Waals surface area (Å²) >= 11 is 3.34. The van der Waals surface area contributed by atoms with Crippen LogP contribution >= 0.6 is 15.9 Å². The summed E-state index contributed by atoms with van der Waals surface area (Å²) in [6.07, 6.45) is 4.23. The zero-order valence-electron chi connectivity index (χ0n) is 11.3. The molecule has 2 heterocycles. The summed E-state index contributed by atoms with van der Waals surface area (Å²) in [5.41, 5.74) is 0.633. The molecule has 0 aliphatic carbocycles. The molecule has 2 rings (SSSR count). The maximum Gasteiger partial charge on any atom is 0.267 e. The maximum absolute atomic E-state index is 11.9. The van der Waals surface area contributed by atoms with Crippen LogP contribution in [0.1, 0.15) is 22.7 Å². The lowest BCUT2D eigenvalue weighted by Crippen LogP contribution is -2.26. The second-order valence-corrected chi connectivity index (χ2v) is 5.31. The van der Waals surface area contributed by atoms with E-state index in [9.17, 15) is 4.79 Å². The number of hydrogen-bond acceptors (Lipinski definition) is 3. The Bertz CT molecular complexity index is 549. The van der Waals surface area contributed by atoms with Crippen molar-refractivity contribution in [2.24, 2.45) is 7.05 Å². The quantitative estimate of drug-likeness (QED) is 0.788. The summed E-state index contributed by atoms with van der Waals surface area (Å²) < 4.78 is 13.3. The lowest BCUT2D eigenvalue weighted by atomic mass is 10.3. The van der Waals surface area contributed by atoms with Gasteiger partial charge in [-0.15, -0.1) is 0 Å². The maximum atomic E-state index is 11.9. The molecule has 0 aromatic carbocycles. The zero-order chi connectivity index (χ0) is 14.4. The number of amides is 1. The van der Waals surface area contributed by atoms with Crippen molar-refractivity contribution in [3.63, 3.8) is 0 Å². The van der Waals surface area contributed by atoms with Crippen molar-refractivity contribution in [1.29, 1.82) is 0 Å². The Morgan fingerprint density at radius 1 is 1.55 bits per heavy atom. The highest BCUT2D eigenvalue weighted by molar-refractivity contribution is 9.10. The van der Waals surface area contributed by atoms with E-state index < -0.39 is 0 Å². The number of aryl methyl sites for hydroxylation is 1. The third-order valence-electron chi connectivity index (χ3n) is 2.78. The molecule has 0 aliphatic heterocycles. The smallest absolute Gasteiger partial charge is 0.267 e. The second kappa shape index (κ2) is 7.31. The minimum absolute atomic E-state index is 0.0794. The number of rotatable bonds is 7. The van der Waals surface area contributed by atoms with Crippen LogP contribution in [-0.2, 0) is 18.4 Å². The molecule has 0 aliphatic rings. The molecule has 1 amide bonds. The molecule has 0 saturated heterocycles.